The molecule has 0 aromatic carbocycles. The van der Waals surface area contributed by atoms with Crippen LogP contribution in [0.15, 0.2) is 0 Å². The first-order valence-electron chi connectivity index (χ1n) is 5.55. The highest BCUT2D eigenvalue weighted by Gasteiger charge is 2.24. The Balaban J connectivity index is 2.34. The summed E-state index contributed by atoms with van der Waals surface area (Å²) in [5, 5.41) is 12.4. The van der Waals surface area contributed by atoms with Gasteiger partial charge in [0.25, 0.3) is 0 Å². The summed E-state index contributed by atoms with van der Waals surface area (Å²) in [7, 11) is 1.32. The number of hydrogen-bond acceptors (Lipinski definition) is 4. The van der Waals surface area contributed by atoms with Crippen LogP contribution in [0.2, 0.25) is 0 Å². The molecule has 17 heavy (non-hydrogen) atoms. The van der Waals surface area contributed by atoms with Gasteiger partial charge in [0.05, 0.1) is 12.7 Å². The number of nitrogens with zero attached hydrogens (tertiary/aromatic N) is 1. The Morgan fingerprint density at radius 1 is 1.65 bits per heavy atom. The Hall–Kier alpha value is -1.54. The number of carbonyl (C=O) groups is 1. The van der Waals surface area contributed by atoms with E-state index in [1.807, 2.05) is 0 Å². The quantitative estimate of drug-likeness (QED) is 0.833. The van der Waals surface area contributed by atoms with Gasteiger partial charge in [0, 0.05) is 4.88 Å². The van der Waals surface area contributed by atoms with Crippen LogP contribution in [0, 0.1) is 17.2 Å². The second kappa shape index (κ2) is 4.76. The van der Waals surface area contributed by atoms with Crippen LogP contribution in [-0.2, 0) is 17.6 Å². The van der Waals surface area contributed by atoms with Crippen LogP contribution in [0.4, 0.5) is 9.80 Å². The molecule has 1 aliphatic rings. The Labute approximate surface area is 104 Å². The number of nitriles is 1. The van der Waals surface area contributed by atoms with Crippen LogP contribution in [0.1, 0.15) is 29.3 Å². The van der Waals surface area contributed by atoms with E-state index in [0.717, 1.165) is 24.8 Å². The molecule has 0 radical (unpaired) electrons. The fourth-order valence-electron chi connectivity index (χ4n) is 2.10. The van der Waals surface area contributed by atoms with Gasteiger partial charge in [-0.1, -0.05) is 6.92 Å². The molecule has 2 rings (SSSR count). The average Bonchev–Trinajstić information content (AvgIpc) is 2.64. The molecule has 1 heterocycles. The molecule has 1 aromatic heterocycles. The van der Waals surface area contributed by atoms with E-state index in [1.54, 1.807) is 0 Å². The molecule has 4 nitrogen and oxygen atoms in total. The number of rotatable bonds is 1. The van der Waals surface area contributed by atoms with Gasteiger partial charge in [-0.2, -0.15) is 5.26 Å². The molecule has 5 heteroatoms. The normalized spacial score (nSPS) is 18.1. The summed E-state index contributed by atoms with van der Waals surface area (Å²) in [4.78, 5) is 12.4. The molecule has 1 amide bonds. The van der Waals surface area contributed by atoms with Crippen molar-refractivity contribution in [3.63, 3.8) is 0 Å². The van der Waals surface area contributed by atoms with Crippen molar-refractivity contribution in [2.75, 3.05) is 12.4 Å². The minimum Gasteiger partial charge on any atom is -0.453 e. The number of carbonyl (C=O) groups excluding carboxylic acids is 1. The first-order valence-corrected chi connectivity index (χ1v) is 6.37. The van der Waals surface area contributed by atoms with E-state index in [1.165, 1.54) is 23.3 Å². The lowest BCUT2D eigenvalue weighted by molar-refractivity contribution is 0.187. The Bertz CT molecular complexity index is 487. The molecule has 0 unspecified atom stereocenters. The molecule has 90 valence electrons. The number of amides is 1. The molecular formula is C12H14N2O2S. The van der Waals surface area contributed by atoms with Gasteiger partial charge >= 0.3 is 6.09 Å². The number of anilines is 1. The highest BCUT2D eigenvalue weighted by atomic mass is 32.1. The van der Waals surface area contributed by atoms with Gasteiger partial charge in [-0.05, 0) is 30.7 Å². The van der Waals surface area contributed by atoms with Gasteiger partial charge in [-0.15, -0.1) is 11.3 Å². The zero-order valence-corrected chi connectivity index (χ0v) is 10.7. The smallest absolute Gasteiger partial charge is 0.411 e. The van der Waals surface area contributed by atoms with Crippen LogP contribution in [-0.4, -0.2) is 13.2 Å². The van der Waals surface area contributed by atoms with Gasteiger partial charge in [-0.3, -0.25) is 5.32 Å². The standard InChI is InChI=1S/C12H14N2O2S/c1-7-3-4-8-9(6-13)11(14-12(15)16-2)17-10(8)5-7/h7H,3-5H2,1-2H3,(H,14,15)/t7-/m0/s1. The van der Waals surface area contributed by atoms with Crippen LogP contribution < -0.4 is 5.32 Å². The lowest BCUT2D eigenvalue weighted by Gasteiger charge is -2.17. The van der Waals surface area contributed by atoms with Gasteiger partial charge in [0.2, 0.25) is 0 Å². The van der Waals surface area contributed by atoms with Crippen molar-refractivity contribution in [1.29, 1.82) is 5.26 Å². The van der Waals surface area contributed by atoms with E-state index in [0.29, 0.717) is 16.5 Å². The van der Waals surface area contributed by atoms with Crippen molar-refractivity contribution in [1.82, 2.24) is 0 Å². The number of fused-ring (bicyclic) bond motifs is 1. The minimum absolute atomic E-state index is 0.520. The van der Waals surface area contributed by atoms with Crippen LogP contribution in [0.25, 0.3) is 0 Å². The Kier molecular flexibility index (Phi) is 3.34. The van der Waals surface area contributed by atoms with Gasteiger partial charge < -0.3 is 4.74 Å². The van der Waals surface area contributed by atoms with Crippen molar-refractivity contribution in [3.8, 4) is 6.07 Å². The molecule has 0 saturated carbocycles. The van der Waals surface area contributed by atoms with Crippen LogP contribution in [0.5, 0.6) is 0 Å². The molecule has 0 aliphatic heterocycles. The first kappa shape index (κ1) is 11.9. The predicted molar refractivity (Wildman–Crippen MR) is 66.3 cm³/mol. The van der Waals surface area contributed by atoms with Crippen molar-refractivity contribution in [3.05, 3.63) is 16.0 Å². The largest absolute Gasteiger partial charge is 0.453 e. The molecule has 1 atom stereocenters. The topological polar surface area (TPSA) is 62.1 Å². The van der Waals surface area contributed by atoms with Crippen LogP contribution in [0.3, 0.4) is 0 Å². The van der Waals surface area contributed by atoms with E-state index in [2.05, 4.69) is 23.0 Å². The minimum atomic E-state index is -0.520. The number of nitrogens with one attached hydrogen (secondary N) is 1. The van der Waals surface area contributed by atoms with Gasteiger partial charge in [0.15, 0.2) is 0 Å². The van der Waals surface area contributed by atoms with Gasteiger partial charge in [-0.25, -0.2) is 4.79 Å². The molecule has 0 fully saturated rings. The Morgan fingerprint density at radius 2 is 2.41 bits per heavy atom. The third kappa shape index (κ3) is 2.27. The van der Waals surface area contributed by atoms with Crippen molar-refractivity contribution in [2.45, 2.75) is 26.2 Å². The second-order valence-electron chi connectivity index (χ2n) is 4.28. The fraction of sp³-hybridized carbons (Fsp3) is 0.500. The first-order chi connectivity index (χ1) is 8.15. The summed E-state index contributed by atoms with van der Waals surface area (Å²) in [6.45, 7) is 2.21. The van der Waals surface area contributed by atoms with E-state index in [9.17, 15) is 10.1 Å². The zero-order chi connectivity index (χ0) is 12.4. The summed E-state index contributed by atoms with van der Waals surface area (Å²) in [5.41, 5.74) is 1.73. The number of ether oxygens (including phenoxy) is 1. The molecule has 0 saturated heterocycles. The summed E-state index contributed by atoms with van der Waals surface area (Å²) in [5.74, 6) is 0.652. The average molecular weight is 250 g/mol. The fourth-order valence-corrected chi connectivity index (χ4v) is 3.45. The lowest BCUT2D eigenvalue weighted by atomic mass is 9.89. The lowest BCUT2D eigenvalue weighted by Crippen LogP contribution is -2.11. The third-order valence-corrected chi connectivity index (χ3v) is 4.19. The molecule has 1 aliphatic carbocycles. The number of hydrogen-bond donors (Lipinski definition) is 1. The predicted octanol–water partition coefficient (Wildman–Crippen LogP) is 2.92. The summed E-state index contributed by atoms with van der Waals surface area (Å²) in [6, 6.07) is 2.19. The maximum atomic E-state index is 11.2. The van der Waals surface area contributed by atoms with E-state index in [4.69, 9.17) is 0 Å². The SMILES string of the molecule is COC(=O)Nc1sc2c(c1C#N)CC[C@H](C)C2. The molecule has 1 aromatic rings. The maximum absolute atomic E-state index is 11.2. The second-order valence-corrected chi connectivity index (χ2v) is 5.39. The summed E-state index contributed by atoms with van der Waals surface area (Å²) < 4.78 is 4.55. The van der Waals surface area contributed by atoms with Crippen molar-refractivity contribution < 1.29 is 9.53 Å². The maximum Gasteiger partial charge on any atom is 0.411 e. The monoisotopic (exact) mass is 250 g/mol. The highest BCUT2D eigenvalue weighted by Crippen LogP contribution is 2.39. The highest BCUT2D eigenvalue weighted by molar-refractivity contribution is 7.16. The van der Waals surface area contributed by atoms with E-state index in [-0.39, 0.29) is 0 Å². The zero-order valence-electron chi connectivity index (χ0n) is 9.87. The van der Waals surface area contributed by atoms with Crippen molar-refractivity contribution in [2.24, 2.45) is 5.92 Å². The van der Waals surface area contributed by atoms with Crippen LogP contribution >= 0.6 is 11.3 Å². The Morgan fingerprint density at radius 3 is 3.06 bits per heavy atom. The molecular weight excluding hydrogens is 236 g/mol. The van der Waals surface area contributed by atoms with E-state index >= 15 is 0 Å². The molecule has 0 bridgehead atoms. The summed E-state index contributed by atoms with van der Waals surface area (Å²) in [6.07, 6.45) is 2.51. The summed E-state index contributed by atoms with van der Waals surface area (Å²) >= 11 is 1.50. The molecule has 1 N–H and O–H groups in total. The van der Waals surface area contributed by atoms with Crippen molar-refractivity contribution >= 4 is 22.4 Å². The van der Waals surface area contributed by atoms with E-state index < -0.39 is 6.09 Å². The number of thiophene rings is 1. The molecule has 0 spiro atoms. The third-order valence-electron chi connectivity index (χ3n) is 3.02. The number of methoxy groups -OCH3 is 1. The van der Waals surface area contributed by atoms with Gasteiger partial charge in [0.1, 0.15) is 11.1 Å².